The van der Waals surface area contributed by atoms with Gasteiger partial charge in [0, 0.05) is 17.7 Å². The van der Waals surface area contributed by atoms with Gasteiger partial charge in [-0.3, -0.25) is 10.1 Å². The molecule has 1 saturated carbocycles. The molecule has 31 heavy (non-hydrogen) atoms. The van der Waals surface area contributed by atoms with Crippen LogP contribution in [0.4, 0.5) is 9.52 Å². The van der Waals surface area contributed by atoms with Crippen LogP contribution in [0.15, 0.2) is 42.6 Å². The van der Waals surface area contributed by atoms with Crippen molar-refractivity contribution in [2.45, 2.75) is 44.6 Å². The van der Waals surface area contributed by atoms with Gasteiger partial charge in [-0.05, 0) is 31.0 Å². The van der Waals surface area contributed by atoms with Gasteiger partial charge in [-0.15, -0.1) is 10.2 Å². The molecule has 1 aromatic carbocycles. The van der Waals surface area contributed by atoms with Crippen LogP contribution in [0.1, 0.15) is 59.1 Å². The SMILES string of the molecule is O=C(Nc1nnc(C2CCCCC2)s1)c1nn(Cc2ccccc2F)c2ncccc12. The zero-order valence-electron chi connectivity index (χ0n) is 16.8. The minimum atomic E-state index is -0.378. The van der Waals surface area contributed by atoms with E-state index >= 15 is 0 Å². The van der Waals surface area contributed by atoms with Crippen molar-refractivity contribution < 1.29 is 9.18 Å². The summed E-state index contributed by atoms with van der Waals surface area (Å²) in [6, 6.07) is 10.0. The lowest BCUT2D eigenvalue weighted by molar-refractivity contribution is 0.102. The summed E-state index contributed by atoms with van der Waals surface area (Å²) in [5.41, 5.74) is 1.23. The van der Waals surface area contributed by atoms with Gasteiger partial charge in [-0.1, -0.05) is 48.8 Å². The predicted molar refractivity (Wildman–Crippen MR) is 117 cm³/mol. The summed E-state index contributed by atoms with van der Waals surface area (Å²) >= 11 is 1.43. The van der Waals surface area contributed by atoms with Crippen LogP contribution < -0.4 is 5.32 Å². The van der Waals surface area contributed by atoms with Gasteiger partial charge < -0.3 is 0 Å². The van der Waals surface area contributed by atoms with Crippen molar-refractivity contribution in [2.24, 2.45) is 0 Å². The fraction of sp³-hybridized carbons (Fsp3) is 0.318. The van der Waals surface area contributed by atoms with Crippen LogP contribution in [0.2, 0.25) is 0 Å². The third kappa shape index (κ3) is 4.05. The smallest absolute Gasteiger partial charge is 0.278 e. The lowest BCUT2D eigenvalue weighted by Gasteiger charge is -2.18. The number of pyridine rings is 1. The molecule has 158 valence electrons. The molecule has 1 fully saturated rings. The van der Waals surface area contributed by atoms with E-state index in [1.807, 2.05) is 0 Å². The summed E-state index contributed by atoms with van der Waals surface area (Å²) < 4.78 is 15.7. The van der Waals surface area contributed by atoms with Crippen LogP contribution >= 0.6 is 11.3 Å². The van der Waals surface area contributed by atoms with E-state index in [-0.39, 0.29) is 24.0 Å². The van der Waals surface area contributed by atoms with Crippen molar-refractivity contribution in [1.29, 1.82) is 0 Å². The molecule has 0 spiro atoms. The van der Waals surface area contributed by atoms with E-state index < -0.39 is 0 Å². The van der Waals surface area contributed by atoms with Gasteiger partial charge in [0.25, 0.3) is 5.91 Å². The Balaban J connectivity index is 1.40. The summed E-state index contributed by atoms with van der Waals surface area (Å²) in [6.45, 7) is 0.179. The number of carbonyl (C=O) groups excluding carboxylic acids is 1. The number of fused-ring (bicyclic) bond motifs is 1. The van der Waals surface area contributed by atoms with Gasteiger partial charge >= 0.3 is 0 Å². The number of hydrogen-bond donors (Lipinski definition) is 1. The first-order chi connectivity index (χ1) is 15.2. The van der Waals surface area contributed by atoms with Crippen molar-refractivity contribution in [1.82, 2.24) is 25.0 Å². The molecule has 7 nitrogen and oxygen atoms in total. The van der Waals surface area contributed by atoms with Crippen molar-refractivity contribution in [3.05, 3.63) is 64.7 Å². The van der Waals surface area contributed by atoms with Crippen molar-refractivity contribution in [3.8, 4) is 0 Å². The third-order valence-electron chi connectivity index (χ3n) is 5.62. The Morgan fingerprint density at radius 3 is 2.81 bits per heavy atom. The van der Waals surface area contributed by atoms with Crippen LogP contribution in [0.5, 0.6) is 0 Å². The number of nitrogens with zero attached hydrogens (tertiary/aromatic N) is 5. The maximum absolute atomic E-state index is 14.1. The van der Waals surface area contributed by atoms with E-state index in [0.29, 0.717) is 27.6 Å². The summed E-state index contributed by atoms with van der Waals surface area (Å²) in [7, 11) is 0. The van der Waals surface area contributed by atoms with E-state index in [1.165, 1.54) is 36.7 Å². The zero-order valence-corrected chi connectivity index (χ0v) is 17.6. The quantitative estimate of drug-likeness (QED) is 0.487. The summed E-state index contributed by atoms with van der Waals surface area (Å²) in [4.78, 5) is 17.4. The third-order valence-corrected chi connectivity index (χ3v) is 6.62. The van der Waals surface area contributed by atoms with Crippen molar-refractivity contribution in [2.75, 3.05) is 5.32 Å². The molecule has 0 aliphatic heterocycles. The molecule has 1 amide bonds. The second-order valence-corrected chi connectivity index (χ2v) is 8.72. The van der Waals surface area contributed by atoms with Gasteiger partial charge in [0.15, 0.2) is 11.3 Å². The second-order valence-electron chi connectivity index (χ2n) is 7.71. The van der Waals surface area contributed by atoms with Crippen molar-refractivity contribution >= 4 is 33.4 Å². The summed E-state index contributed by atoms with van der Waals surface area (Å²) in [5, 5.41) is 17.8. The topological polar surface area (TPSA) is 85.6 Å². The molecule has 9 heteroatoms. The maximum Gasteiger partial charge on any atom is 0.278 e. The number of nitrogens with one attached hydrogen (secondary N) is 1. The lowest BCUT2D eigenvalue weighted by atomic mass is 9.90. The molecule has 0 saturated heterocycles. The highest BCUT2D eigenvalue weighted by Gasteiger charge is 2.23. The minimum absolute atomic E-state index is 0.179. The largest absolute Gasteiger partial charge is 0.295 e. The van der Waals surface area contributed by atoms with E-state index in [9.17, 15) is 9.18 Å². The maximum atomic E-state index is 14.1. The molecule has 0 unspecified atom stereocenters. The highest BCUT2D eigenvalue weighted by atomic mass is 32.1. The molecule has 3 aromatic heterocycles. The predicted octanol–water partition coefficient (Wildman–Crippen LogP) is 4.77. The Morgan fingerprint density at radius 1 is 1.13 bits per heavy atom. The van der Waals surface area contributed by atoms with Gasteiger partial charge in [0.2, 0.25) is 5.13 Å². The van der Waals surface area contributed by atoms with Crippen molar-refractivity contribution in [3.63, 3.8) is 0 Å². The van der Waals surface area contributed by atoms with Crippen LogP contribution in [0.25, 0.3) is 11.0 Å². The minimum Gasteiger partial charge on any atom is -0.295 e. The highest BCUT2D eigenvalue weighted by molar-refractivity contribution is 7.15. The molecule has 1 aliphatic carbocycles. The Bertz CT molecular complexity index is 1230. The first-order valence-corrected chi connectivity index (χ1v) is 11.2. The highest BCUT2D eigenvalue weighted by Crippen LogP contribution is 2.35. The normalized spacial score (nSPS) is 14.7. The average Bonchev–Trinajstić information content (AvgIpc) is 3.41. The number of amides is 1. The van der Waals surface area contributed by atoms with E-state index in [1.54, 1.807) is 41.2 Å². The zero-order chi connectivity index (χ0) is 21.2. The number of halogens is 1. The van der Waals surface area contributed by atoms with E-state index in [2.05, 4.69) is 25.6 Å². The fourth-order valence-corrected chi connectivity index (χ4v) is 4.94. The van der Waals surface area contributed by atoms with Crippen LogP contribution in [-0.4, -0.2) is 30.9 Å². The Kier molecular flexibility index (Phi) is 5.42. The van der Waals surface area contributed by atoms with Gasteiger partial charge in [0.05, 0.1) is 11.9 Å². The van der Waals surface area contributed by atoms with Gasteiger partial charge in [-0.2, -0.15) is 5.10 Å². The van der Waals surface area contributed by atoms with Crippen LogP contribution in [-0.2, 0) is 6.54 Å². The molecule has 0 radical (unpaired) electrons. The lowest BCUT2D eigenvalue weighted by Crippen LogP contribution is -2.14. The molecule has 1 aliphatic rings. The second kappa shape index (κ2) is 8.50. The molecular formula is C22H21FN6OS. The molecular weight excluding hydrogens is 415 g/mol. The van der Waals surface area contributed by atoms with Crippen LogP contribution in [0.3, 0.4) is 0 Å². The van der Waals surface area contributed by atoms with Crippen LogP contribution in [0, 0.1) is 5.82 Å². The molecule has 5 rings (SSSR count). The Morgan fingerprint density at radius 2 is 1.97 bits per heavy atom. The molecule has 3 heterocycles. The number of benzene rings is 1. The molecule has 4 aromatic rings. The van der Waals surface area contributed by atoms with E-state index in [0.717, 1.165) is 17.8 Å². The average molecular weight is 437 g/mol. The summed E-state index contributed by atoms with van der Waals surface area (Å²) in [5.74, 6) is -0.268. The molecule has 0 bridgehead atoms. The number of anilines is 1. The van der Waals surface area contributed by atoms with Gasteiger partial charge in [-0.25, -0.2) is 14.1 Å². The first kappa shape index (κ1) is 19.7. The number of aromatic nitrogens is 5. The van der Waals surface area contributed by atoms with E-state index in [4.69, 9.17) is 0 Å². The van der Waals surface area contributed by atoms with Gasteiger partial charge in [0.1, 0.15) is 10.8 Å². The number of hydrogen-bond acceptors (Lipinski definition) is 6. The standard InChI is InChI=1S/C22H21FN6OS/c23-17-11-5-4-9-15(17)13-29-19-16(10-6-12-24-19)18(28-29)20(30)25-22-27-26-21(31-22)14-7-2-1-3-8-14/h4-6,9-12,14H,1-3,7-8,13H2,(H,25,27,30). The monoisotopic (exact) mass is 436 g/mol. The molecule has 0 atom stereocenters. The fourth-order valence-electron chi connectivity index (χ4n) is 4.03. The first-order valence-electron chi connectivity index (χ1n) is 10.4. The number of rotatable bonds is 5. The Labute approximate surface area is 182 Å². The number of carbonyl (C=O) groups is 1. The molecule has 1 N–H and O–H groups in total. The summed E-state index contributed by atoms with van der Waals surface area (Å²) in [6.07, 6.45) is 7.58. The Hall–Kier alpha value is -3.20.